The number of carbonyl (C=O) groups excluding carboxylic acids is 2. The van der Waals surface area contributed by atoms with Gasteiger partial charge in [-0.15, -0.1) is 0 Å². The van der Waals surface area contributed by atoms with Gasteiger partial charge in [0.2, 0.25) is 0 Å². The molecule has 1 N–H and O–H groups in total. The zero-order chi connectivity index (χ0) is 21.0. The Morgan fingerprint density at radius 3 is 2.45 bits per heavy atom. The minimum absolute atomic E-state index is 0.334. The number of amides is 1. The average Bonchev–Trinajstić information content (AvgIpc) is 2.72. The third-order valence-electron chi connectivity index (χ3n) is 4.82. The number of nitrogens with zero attached hydrogens (tertiary/aromatic N) is 1. The summed E-state index contributed by atoms with van der Waals surface area (Å²) in [7, 11) is 1.60. The molecule has 0 bridgehead atoms. The van der Waals surface area contributed by atoms with Gasteiger partial charge < -0.3 is 14.8 Å². The molecule has 0 aliphatic heterocycles. The van der Waals surface area contributed by atoms with Gasteiger partial charge in [-0.3, -0.25) is 9.78 Å². The Kier molecular flexibility index (Phi) is 6.12. The highest BCUT2D eigenvalue weighted by atomic mass is 16.5. The van der Waals surface area contributed by atoms with Crippen LogP contribution in [0.5, 0.6) is 5.75 Å². The topological polar surface area (TPSA) is 77.5 Å². The molecule has 0 radical (unpaired) electrons. The Morgan fingerprint density at radius 2 is 1.76 bits per heavy atom. The van der Waals surface area contributed by atoms with Crippen molar-refractivity contribution in [2.24, 2.45) is 0 Å². The number of fused-ring (bicyclic) bond motifs is 1. The summed E-state index contributed by atoms with van der Waals surface area (Å²) in [6.45, 7) is 5.52. The maximum Gasteiger partial charge on any atom is 0.341 e. The van der Waals surface area contributed by atoms with Crippen LogP contribution in [0.25, 0.3) is 10.9 Å². The molecule has 6 heteroatoms. The smallest absolute Gasteiger partial charge is 0.341 e. The first-order valence-corrected chi connectivity index (χ1v) is 9.38. The van der Waals surface area contributed by atoms with Crippen molar-refractivity contribution in [3.63, 3.8) is 0 Å². The number of aryl methyl sites for hydroxylation is 2. The van der Waals surface area contributed by atoms with Crippen molar-refractivity contribution in [3.8, 4) is 5.75 Å². The molecular weight excluding hydrogens is 368 g/mol. The van der Waals surface area contributed by atoms with E-state index in [2.05, 4.69) is 10.3 Å². The molecule has 0 aliphatic rings. The number of rotatable bonds is 6. The highest BCUT2D eigenvalue weighted by Gasteiger charge is 2.23. The average molecular weight is 392 g/mol. The second-order valence-corrected chi connectivity index (χ2v) is 6.83. The number of methoxy groups -OCH3 is 1. The van der Waals surface area contributed by atoms with E-state index in [1.807, 2.05) is 55.5 Å². The van der Waals surface area contributed by atoms with E-state index in [1.165, 1.54) is 0 Å². The van der Waals surface area contributed by atoms with Crippen molar-refractivity contribution in [2.75, 3.05) is 7.11 Å². The summed E-state index contributed by atoms with van der Waals surface area (Å²) < 4.78 is 10.5. The van der Waals surface area contributed by atoms with Gasteiger partial charge in [0.1, 0.15) is 5.75 Å². The van der Waals surface area contributed by atoms with Crippen molar-refractivity contribution in [2.45, 2.75) is 33.4 Å². The molecule has 0 saturated carbocycles. The van der Waals surface area contributed by atoms with Gasteiger partial charge in [-0.05, 0) is 50.1 Å². The summed E-state index contributed by atoms with van der Waals surface area (Å²) in [6.07, 6.45) is -0.925. The van der Waals surface area contributed by atoms with Crippen LogP contribution >= 0.6 is 0 Å². The van der Waals surface area contributed by atoms with Crippen LogP contribution in [0.2, 0.25) is 0 Å². The molecule has 1 atom stereocenters. The molecule has 0 spiro atoms. The number of para-hydroxylation sites is 1. The van der Waals surface area contributed by atoms with Gasteiger partial charge in [-0.2, -0.15) is 0 Å². The molecule has 1 aromatic heterocycles. The SMILES string of the molecule is COc1ccc(CNC(=O)[C@@H](C)OC(=O)c2c(C)nc3ccccc3c2C)cc1. The number of nitrogens with one attached hydrogen (secondary N) is 1. The van der Waals surface area contributed by atoms with E-state index in [4.69, 9.17) is 9.47 Å². The van der Waals surface area contributed by atoms with Crippen molar-refractivity contribution in [1.82, 2.24) is 10.3 Å². The largest absolute Gasteiger partial charge is 0.497 e. The van der Waals surface area contributed by atoms with E-state index in [0.29, 0.717) is 17.8 Å². The number of ether oxygens (including phenoxy) is 2. The molecule has 0 fully saturated rings. The van der Waals surface area contributed by atoms with Gasteiger partial charge >= 0.3 is 5.97 Å². The number of carbonyl (C=O) groups is 2. The van der Waals surface area contributed by atoms with Crippen LogP contribution in [0, 0.1) is 13.8 Å². The number of aromatic nitrogens is 1. The molecule has 29 heavy (non-hydrogen) atoms. The zero-order valence-electron chi connectivity index (χ0n) is 17.0. The summed E-state index contributed by atoms with van der Waals surface area (Å²) in [5, 5.41) is 3.67. The van der Waals surface area contributed by atoms with E-state index in [9.17, 15) is 9.59 Å². The van der Waals surface area contributed by atoms with Crippen LogP contribution in [0.15, 0.2) is 48.5 Å². The third kappa shape index (κ3) is 4.54. The maximum absolute atomic E-state index is 12.7. The first-order chi connectivity index (χ1) is 13.9. The van der Waals surface area contributed by atoms with Gasteiger partial charge in [-0.25, -0.2) is 4.79 Å². The fraction of sp³-hybridized carbons (Fsp3) is 0.261. The number of esters is 1. The monoisotopic (exact) mass is 392 g/mol. The van der Waals surface area contributed by atoms with Gasteiger partial charge in [0, 0.05) is 11.9 Å². The van der Waals surface area contributed by atoms with E-state index in [1.54, 1.807) is 21.0 Å². The van der Waals surface area contributed by atoms with Crippen LogP contribution in [0.1, 0.15) is 34.1 Å². The highest BCUT2D eigenvalue weighted by molar-refractivity contribution is 5.99. The third-order valence-corrected chi connectivity index (χ3v) is 4.82. The lowest BCUT2D eigenvalue weighted by Crippen LogP contribution is -2.35. The van der Waals surface area contributed by atoms with E-state index >= 15 is 0 Å². The molecule has 150 valence electrons. The second kappa shape index (κ2) is 8.73. The number of pyridine rings is 1. The maximum atomic E-state index is 12.7. The predicted molar refractivity (Wildman–Crippen MR) is 111 cm³/mol. The van der Waals surface area contributed by atoms with Crippen LogP contribution in [0.4, 0.5) is 0 Å². The first kappa shape index (κ1) is 20.3. The molecule has 1 heterocycles. The summed E-state index contributed by atoms with van der Waals surface area (Å²) in [5.41, 5.74) is 3.52. The molecule has 2 aromatic carbocycles. The summed E-state index contributed by atoms with van der Waals surface area (Å²) >= 11 is 0. The fourth-order valence-electron chi connectivity index (χ4n) is 3.18. The molecule has 0 saturated heterocycles. The molecular formula is C23H24N2O4. The van der Waals surface area contributed by atoms with Crippen LogP contribution in [0.3, 0.4) is 0 Å². The molecule has 3 rings (SSSR count). The lowest BCUT2D eigenvalue weighted by Gasteiger charge is -2.16. The summed E-state index contributed by atoms with van der Waals surface area (Å²) in [4.78, 5) is 29.6. The van der Waals surface area contributed by atoms with Crippen LogP contribution in [-0.4, -0.2) is 30.1 Å². The summed E-state index contributed by atoms with van der Waals surface area (Å²) in [6, 6.07) is 15.0. The second-order valence-electron chi connectivity index (χ2n) is 6.83. The van der Waals surface area contributed by atoms with Gasteiger partial charge in [0.05, 0.1) is 23.9 Å². The van der Waals surface area contributed by atoms with Gasteiger partial charge in [0.25, 0.3) is 5.91 Å². The lowest BCUT2D eigenvalue weighted by atomic mass is 10.0. The first-order valence-electron chi connectivity index (χ1n) is 9.38. The van der Waals surface area contributed by atoms with Gasteiger partial charge in [0.15, 0.2) is 6.10 Å². The Bertz CT molecular complexity index is 1040. The van der Waals surface area contributed by atoms with Gasteiger partial charge in [-0.1, -0.05) is 30.3 Å². The molecule has 1 amide bonds. The predicted octanol–water partition coefficient (Wildman–Crippen LogP) is 3.72. The van der Waals surface area contributed by atoms with Crippen molar-refractivity contribution < 1.29 is 19.1 Å². The Morgan fingerprint density at radius 1 is 1.07 bits per heavy atom. The minimum atomic E-state index is -0.925. The Hall–Kier alpha value is -3.41. The Balaban J connectivity index is 1.66. The van der Waals surface area contributed by atoms with Crippen LogP contribution < -0.4 is 10.1 Å². The van der Waals surface area contributed by atoms with Crippen molar-refractivity contribution in [3.05, 3.63) is 70.9 Å². The van der Waals surface area contributed by atoms with E-state index in [0.717, 1.165) is 27.8 Å². The lowest BCUT2D eigenvalue weighted by molar-refractivity contribution is -0.129. The normalized spacial score (nSPS) is 11.7. The fourth-order valence-corrected chi connectivity index (χ4v) is 3.18. The van der Waals surface area contributed by atoms with E-state index in [-0.39, 0.29) is 5.91 Å². The van der Waals surface area contributed by atoms with Crippen molar-refractivity contribution in [1.29, 1.82) is 0 Å². The number of hydrogen-bond acceptors (Lipinski definition) is 5. The van der Waals surface area contributed by atoms with E-state index < -0.39 is 12.1 Å². The van der Waals surface area contributed by atoms with Crippen LogP contribution in [-0.2, 0) is 16.1 Å². The number of hydrogen-bond donors (Lipinski definition) is 1. The highest BCUT2D eigenvalue weighted by Crippen LogP contribution is 2.23. The minimum Gasteiger partial charge on any atom is -0.497 e. The molecule has 3 aromatic rings. The van der Waals surface area contributed by atoms with Crippen molar-refractivity contribution >= 4 is 22.8 Å². The summed E-state index contributed by atoms with van der Waals surface area (Å²) in [5.74, 6) is -0.166. The zero-order valence-corrected chi connectivity index (χ0v) is 17.0. The quantitative estimate of drug-likeness (QED) is 0.647. The number of benzene rings is 2. The molecule has 0 aliphatic carbocycles. The Labute approximate surface area is 169 Å². The standard InChI is InChI=1S/C23H24N2O4/c1-14-19-7-5-6-8-20(19)25-15(2)21(14)23(27)29-16(3)22(26)24-13-17-9-11-18(28-4)12-10-17/h5-12,16H,13H2,1-4H3,(H,24,26)/t16-/m1/s1. The molecule has 6 nitrogen and oxygen atoms in total. The molecule has 0 unspecified atom stereocenters.